The molecule has 1 heterocycles. The van der Waals surface area contributed by atoms with Crippen LogP contribution in [0.25, 0.3) is 0 Å². The maximum Gasteiger partial charge on any atom is 0.170 e. The van der Waals surface area contributed by atoms with Crippen molar-refractivity contribution in [1.29, 1.82) is 0 Å². The molecule has 0 bridgehead atoms. The normalized spacial score (nSPS) is 16.8. The number of hydrogen-bond acceptors (Lipinski definition) is 5. The molecule has 0 amide bonds. The highest BCUT2D eigenvalue weighted by Crippen LogP contribution is 2.27. The van der Waals surface area contributed by atoms with E-state index in [9.17, 15) is 4.79 Å². The number of carbonyl (C=O) groups excluding carboxylic acids is 1. The summed E-state index contributed by atoms with van der Waals surface area (Å²) in [7, 11) is 0. The lowest BCUT2D eigenvalue weighted by Gasteiger charge is -2.29. The van der Waals surface area contributed by atoms with Gasteiger partial charge in [0.15, 0.2) is 5.78 Å². The maximum atomic E-state index is 12.9. The molecule has 1 saturated heterocycles. The van der Waals surface area contributed by atoms with Gasteiger partial charge >= 0.3 is 0 Å². The third-order valence-electron chi connectivity index (χ3n) is 4.02. The van der Waals surface area contributed by atoms with E-state index in [1.54, 1.807) is 0 Å². The Hall–Kier alpha value is -1.59. The number of nitrogens with zero attached hydrogens (tertiary/aromatic N) is 1. The van der Waals surface area contributed by atoms with Gasteiger partial charge in [0.1, 0.15) is 11.5 Å². The van der Waals surface area contributed by atoms with Gasteiger partial charge in [0.2, 0.25) is 0 Å². The number of nitrogens with one attached hydrogen (secondary N) is 1. The van der Waals surface area contributed by atoms with E-state index in [1.165, 1.54) is 0 Å². The molecule has 1 fully saturated rings. The Bertz CT molecular complexity index is 513. The van der Waals surface area contributed by atoms with Gasteiger partial charge in [-0.15, -0.1) is 0 Å². The van der Waals surface area contributed by atoms with Gasteiger partial charge in [-0.2, -0.15) is 0 Å². The molecule has 0 spiro atoms. The summed E-state index contributed by atoms with van der Waals surface area (Å²) in [6.45, 7) is 11.7. The third kappa shape index (κ3) is 4.94. The lowest BCUT2D eigenvalue weighted by Crippen LogP contribution is -2.45. The Morgan fingerprint density at radius 1 is 1.22 bits per heavy atom. The smallest absolute Gasteiger partial charge is 0.170 e. The zero-order valence-corrected chi connectivity index (χ0v) is 14.4. The predicted molar refractivity (Wildman–Crippen MR) is 91.6 cm³/mol. The second kappa shape index (κ2) is 8.89. The Morgan fingerprint density at radius 3 is 2.57 bits per heavy atom. The van der Waals surface area contributed by atoms with E-state index in [4.69, 9.17) is 9.47 Å². The zero-order valence-electron chi connectivity index (χ0n) is 14.4. The first kappa shape index (κ1) is 17.8. The summed E-state index contributed by atoms with van der Waals surface area (Å²) < 4.78 is 11.2. The van der Waals surface area contributed by atoms with Crippen molar-refractivity contribution in [3.8, 4) is 11.5 Å². The van der Waals surface area contributed by atoms with Crippen molar-refractivity contribution in [3.63, 3.8) is 0 Å². The Labute approximate surface area is 139 Å². The highest BCUT2D eigenvalue weighted by atomic mass is 16.5. The van der Waals surface area contributed by atoms with Gasteiger partial charge in [0, 0.05) is 38.6 Å². The number of benzene rings is 1. The third-order valence-corrected chi connectivity index (χ3v) is 4.02. The summed E-state index contributed by atoms with van der Waals surface area (Å²) in [5.74, 6) is 1.42. The van der Waals surface area contributed by atoms with Gasteiger partial charge in [-0.1, -0.05) is 6.92 Å². The summed E-state index contributed by atoms with van der Waals surface area (Å²) in [5.41, 5.74) is 0.625. The minimum absolute atomic E-state index is 0.0656. The van der Waals surface area contributed by atoms with E-state index in [0.717, 1.165) is 32.7 Å². The number of ether oxygens (including phenoxy) is 2. The van der Waals surface area contributed by atoms with Crippen LogP contribution in [0.5, 0.6) is 11.5 Å². The molecule has 0 aliphatic carbocycles. The van der Waals surface area contributed by atoms with Crippen molar-refractivity contribution in [1.82, 2.24) is 10.2 Å². The maximum absolute atomic E-state index is 12.9. The number of carbonyl (C=O) groups is 1. The molecular weight excluding hydrogens is 292 g/mol. The summed E-state index contributed by atoms with van der Waals surface area (Å²) in [6, 6.07) is 5.50. The number of ketones is 1. The summed E-state index contributed by atoms with van der Waals surface area (Å²) in [4.78, 5) is 15.2. The molecule has 0 aromatic heterocycles. The van der Waals surface area contributed by atoms with Crippen molar-refractivity contribution >= 4 is 5.78 Å². The highest BCUT2D eigenvalue weighted by Gasteiger charge is 2.23. The molecule has 0 saturated carbocycles. The Morgan fingerprint density at radius 2 is 1.91 bits per heavy atom. The minimum Gasteiger partial charge on any atom is -0.494 e. The average Bonchev–Trinajstić information content (AvgIpc) is 2.57. The van der Waals surface area contributed by atoms with Crippen LogP contribution in [-0.4, -0.2) is 56.6 Å². The Balaban J connectivity index is 2.12. The molecule has 0 radical (unpaired) electrons. The molecule has 5 nitrogen and oxygen atoms in total. The summed E-state index contributed by atoms with van der Waals surface area (Å²) >= 11 is 0. The summed E-state index contributed by atoms with van der Waals surface area (Å²) in [5, 5.41) is 3.33. The van der Waals surface area contributed by atoms with Gasteiger partial charge < -0.3 is 19.7 Å². The molecule has 1 N–H and O–H groups in total. The van der Waals surface area contributed by atoms with Crippen molar-refractivity contribution in [3.05, 3.63) is 23.8 Å². The Kier molecular flexibility index (Phi) is 6.86. The second-order valence-electron chi connectivity index (χ2n) is 5.84. The molecule has 1 aliphatic rings. The SMILES string of the molecule is CCOc1ccc(OCC)c(C(=O)C(C)CN2CCNCC2)c1. The number of rotatable bonds is 8. The first-order valence-electron chi connectivity index (χ1n) is 8.52. The first-order chi connectivity index (χ1) is 11.2. The lowest BCUT2D eigenvalue weighted by molar-refractivity contribution is 0.0883. The van der Waals surface area contributed by atoms with Gasteiger partial charge in [-0.3, -0.25) is 4.79 Å². The molecule has 1 atom stereocenters. The van der Waals surface area contributed by atoms with Crippen LogP contribution in [0.1, 0.15) is 31.1 Å². The van der Waals surface area contributed by atoms with Crippen LogP contribution in [0.15, 0.2) is 18.2 Å². The number of Topliss-reactive ketones (excluding diaryl/α,β-unsaturated/α-hetero) is 1. The van der Waals surface area contributed by atoms with Crippen LogP contribution >= 0.6 is 0 Å². The van der Waals surface area contributed by atoms with Crippen molar-refractivity contribution in [2.75, 3.05) is 45.9 Å². The van der Waals surface area contributed by atoms with E-state index >= 15 is 0 Å². The lowest BCUT2D eigenvalue weighted by atomic mass is 9.97. The second-order valence-corrected chi connectivity index (χ2v) is 5.84. The van der Waals surface area contributed by atoms with Crippen LogP contribution in [0.4, 0.5) is 0 Å². The molecule has 1 aromatic rings. The standard InChI is InChI=1S/C18H28N2O3/c1-4-22-15-6-7-17(23-5-2)16(12-15)18(21)14(3)13-20-10-8-19-9-11-20/h6-7,12,14,19H,4-5,8-11,13H2,1-3H3. The first-order valence-corrected chi connectivity index (χ1v) is 8.52. The van der Waals surface area contributed by atoms with Gasteiger partial charge in [-0.05, 0) is 32.0 Å². The largest absolute Gasteiger partial charge is 0.494 e. The quantitative estimate of drug-likeness (QED) is 0.744. The van der Waals surface area contributed by atoms with Crippen molar-refractivity contribution in [2.24, 2.45) is 5.92 Å². The predicted octanol–water partition coefficient (Wildman–Crippen LogP) is 2.21. The molecule has 1 aromatic carbocycles. The van der Waals surface area contributed by atoms with Crippen LogP contribution in [0, 0.1) is 5.92 Å². The van der Waals surface area contributed by atoms with E-state index in [1.807, 2.05) is 39.0 Å². The molecule has 23 heavy (non-hydrogen) atoms. The van der Waals surface area contributed by atoms with E-state index in [2.05, 4.69) is 10.2 Å². The van der Waals surface area contributed by atoms with E-state index < -0.39 is 0 Å². The molecule has 1 aliphatic heterocycles. The fourth-order valence-corrected chi connectivity index (χ4v) is 2.87. The minimum atomic E-state index is -0.0656. The van der Waals surface area contributed by atoms with Crippen molar-refractivity contribution in [2.45, 2.75) is 20.8 Å². The van der Waals surface area contributed by atoms with Gasteiger partial charge in [0.05, 0.1) is 18.8 Å². The van der Waals surface area contributed by atoms with Crippen molar-refractivity contribution < 1.29 is 14.3 Å². The van der Waals surface area contributed by atoms with E-state index in [-0.39, 0.29) is 11.7 Å². The number of piperazine rings is 1. The van der Waals surface area contributed by atoms with Crippen LogP contribution in [0.2, 0.25) is 0 Å². The zero-order chi connectivity index (χ0) is 16.7. The molecule has 5 heteroatoms. The fourth-order valence-electron chi connectivity index (χ4n) is 2.87. The monoisotopic (exact) mass is 320 g/mol. The molecule has 2 rings (SSSR count). The molecule has 128 valence electrons. The fraction of sp³-hybridized carbons (Fsp3) is 0.611. The summed E-state index contributed by atoms with van der Waals surface area (Å²) in [6.07, 6.45) is 0. The van der Waals surface area contributed by atoms with Crippen LogP contribution in [0.3, 0.4) is 0 Å². The van der Waals surface area contributed by atoms with Gasteiger partial charge in [0.25, 0.3) is 0 Å². The average molecular weight is 320 g/mol. The number of hydrogen-bond donors (Lipinski definition) is 1. The molecular formula is C18H28N2O3. The van der Waals surface area contributed by atoms with Crippen LogP contribution in [-0.2, 0) is 0 Å². The highest BCUT2D eigenvalue weighted by molar-refractivity contribution is 6.00. The molecule has 1 unspecified atom stereocenters. The van der Waals surface area contributed by atoms with Gasteiger partial charge in [-0.25, -0.2) is 0 Å². The van der Waals surface area contributed by atoms with E-state index in [0.29, 0.717) is 30.3 Å². The van der Waals surface area contributed by atoms with Crippen LogP contribution < -0.4 is 14.8 Å². The topological polar surface area (TPSA) is 50.8 Å².